The summed E-state index contributed by atoms with van der Waals surface area (Å²) in [6.45, 7) is 6.50. The minimum absolute atomic E-state index is 0.217. The molecule has 0 rings (SSSR count). The SMILES string of the molecule is CCCCCCCOC(=O)N=NC(=O)OCC(C)C. The summed E-state index contributed by atoms with van der Waals surface area (Å²) in [6, 6.07) is 0. The number of rotatable bonds is 8. The molecule has 0 saturated heterocycles. The van der Waals surface area contributed by atoms with Crippen molar-refractivity contribution < 1.29 is 19.1 Å². The Kier molecular flexibility index (Phi) is 10.7. The van der Waals surface area contributed by atoms with E-state index in [1.165, 1.54) is 12.8 Å². The highest BCUT2D eigenvalue weighted by Crippen LogP contribution is 2.03. The Bertz CT molecular complexity index is 290. The Morgan fingerprint density at radius 2 is 1.53 bits per heavy atom. The van der Waals surface area contributed by atoms with Crippen LogP contribution in [0.1, 0.15) is 52.9 Å². The van der Waals surface area contributed by atoms with Gasteiger partial charge in [0.2, 0.25) is 0 Å². The number of unbranched alkanes of at least 4 members (excludes halogenated alkanes) is 4. The number of ether oxygens (including phenoxy) is 2. The summed E-state index contributed by atoms with van der Waals surface area (Å²) < 4.78 is 9.51. The number of amides is 2. The molecule has 110 valence electrons. The van der Waals surface area contributed by atoms with Crippen molar-refractivity contribution in [2.24, 2.45) is 16.1 Å². The van der Waals surface area contributed by atoms with Crippen molar-refractivity contribution in [3.05, 3.63) is 0 Å². The summed E-state index contributed by atoms with van der Waals surface area (Å²) in [5, 5.41) is 6.24. The summed E-state index contributed by atoms with van der Waals surface area (Å²) in [7, 11) is 0. The fourth-order valence-electron chi connectivity index (χ4n) is 1.24. The van der Waals surface area contributed by atoms with Gasteiger partial charge in [0, 0.05) is 0 Å². The Balaban J connectivity index is 3.59. The summed E-state index contributed by atoms with van der Waals surface area (Å²) in [4.78, 5) is 22.1. The summed E-state index contributed by atoms with van der Waals surface area (Å²) in [5.41, 5.74) is 0. The lowest BCUT2D eigenvalue weighted by atomic mass is 10.2. The van der Waals surface area contributed by atoms with Crippen molar-refractivity contribution in [2.45, 2.75) is 52.9 Å². The molecule has 19 heavy (non-hydrogen) atoms. The smallest absolute Gasteiger partial charge is 0.447 e. The topological polar surface area (TPSA) is 77.3 Å². The first-order valence-corrected chi connectivity index (χ1v) is 6.81. The van der Waals surface area contributed by atoms with Crippen LogP contribution in [0.4, 0.5) is 9.59 Å². The largest absolute Gasteiger partial charge is 0.452 e. The first-order chi connectivity index (χ1) is 9.06. The molecule has 0 N–H and O–H groups in total. The van der Waals surface area contributed by atoms with E-state index in [1.54, 1.807) is 0 Å². The van der Waals surface area contributed by atoms with E-state index >= 15 is 0 Å². The summed E-state index contributed by atoms with van der Waals surface area (Å²) >= 11 is 0. The molecule has 0 heterocycles. The number of carbonyl (C=O) groups is 2. The van der Waals surface area contributed by atoms with Gasteiger partial charge in [-0.2, -0.15) is 0 Å². The van der Waals surface area contributed by atoms with Crippen LogP contribution < -0.4 is 0 Å². The molecule has 0 saturated carbocycles. The van der Waals surface area contributed by atoms with Crippen molar-refractivity contribution in [2.75, 3.05) is 13.2 Å². The first kappa shape index (κ1) is 17.5. The van der Waals surface area contributed by atoms with E-state index in [9.17, 15) is 9.59 Å². The monoisotopic (exact) mass is 272 g/mol. The van der Waals surface area contributed by atoms with E-state index < -0.39 is 12.2 Å². The van der Waals surface area contributed by atoms with E-state index in [2.05, 4.69) is 17.2 Å². The highest BCUT2D eigenvalue weighted by atomic mass is 16.6. The van der Waals surface area contributed by atoms with Gasteiger partial charge in [-0.25, -0.2) is 9.59 Å². The molecule has 0 atom stereocenters. The molecule has 0 bridgehead atoms. The van der Waals surface area contributed by atoms with Crippen LogP contribution in [0.3, 0.4) is 0 Å². The van der Waals surface area contributed by atoms with Crippen LogP contribution in [0.5, 0.6) is 0 Å². The molecule has 0 radical (unpaired) electrons. The molecule has 0 aromatic rings. The Morgan fingerprint density at radius 3 is 2.11 bits per heavy atom. The normalized spacial score (nSPS) is 10.9. The van der Waals surface area contributed by atoms with E-state index in [0.717, 1.165) is 19.3 Å². The highest BCUT2D eigenvalue weighted by molar-refractivity contribution is 5.73. The molecule has 6 nitrogen and oxygen atoms in total. The second-order valence-corrected chi connectivity index (χ2v) is 4.70. The Labute approximate surface area is 114 Å². The van der Waals surface area contributed by atoms with Crippen LogP contribution in [0, 0.1) is 5.92 Å². The van der Waals surface area contributed by atoms with Gasteiger partial charge in [-0.05, 0) is 12.3 Å². The van der Waals surface area contributed by atoms with Crippen LogP contribution in [0.15, 0.2) is 10.2 Å². The molecule has 6 heteroatoms. The van der Waals surface area contributed by atoms with Crippen LogP contribution in [0.2, 0.25) is 0 Å². The van der Waals surface area contributed by atoms with Gasteiger partial charge in [0.05, 0.1) is 13.2 Å². The number of carbonyl (C=O) groups excluding carboxylic acids is 2. The van der Waals surface area contributed by atoms with Gasteiger partial charge < -0.3 is 9.47 Å². The second kappa shape index (κ2) is 11.6. The van der Waals surface area contributed by atoms with Crippen molar-refractivity contribution in [3.8, 4) is 0 Å². The van der Waals surface area contributed by atoms with Crippen LogP contribution >= 0.6 is 0 Å². The van der Waals surface area contributed by atoms with Crippen LogP contribution in [-0.2, 0) is 9.47 Å². The lowest BCUT2D eigenvalue weighted by Crippen LogP contribution is -2.06. The molecule has 0 aromatic carbocycles. The van der Waals surface area contributed by atoms with Gasteiger partial charge in [-0.1, -0.05) is 56.7 Å². The molecule has 2 amide bonds. The van der Waals surface area contributed by atoms with Gasteiger partial charge in [-0.3, -0.25) is 0 Å². The van der Waals surface area contributed by atoms with Crippen LogP contribution in [-0.4, -0.2) is 25.4 Å². The number of nitrogens with zero attached hydrogens (tertiary/aromatic N) is 2. The zero-order valence-electron chi connectivity index (χ0n) is 12.1. The third kappa shape index (κ3) is 12.8. The molecule has 0 aliphatic rings. The maximum Gasteiger partial charge on any atom is 0.452 e. The fourth-order valence-corrected chi connectivity index (χ4v) is 1.24. The van der Waals surface area contributed by atoms with E-state index in [0.29, 0.717) is 6.61 Å². The van der Waals surface area contributed by atoms with Crippen molar-refractivity contribution in [1.82, 2.24) is 0 Å². The van der Waals surface area contributed by atoms with Gasteiger partial charge in [0.1, 0.15) is 0 Å². The average molecular weight is 272 g/mol. The first-order valence-electron chi connectivity index (χ1n) is 6.81. The summed E-state index contributed by atoms with van der Waals surface area (Å²) in [6.07, 6.45) is 3.61. The van der Waals surface area contributed by atoms with Gasteiger partial charge in [-0.15, -0.1) is 0 Å². The highest BCUT2D eigenvalue weighted by Gasteiger charge is 2.04. The lowest BCUT2D eigenvalue weighted by molar-refractivity contribution is 0.136. The minimum atomic E-state index is -0.867. The molecular weight excluding hydrogens is 248 g/mol. The molecule has 0 aliphatic carbocycles. The standard InChI is InChI=1S/C13H24N2O4/c1-4-5-6-7-8-9-18-12(16)14-15-13(17)19-10-11(2)3/h11H,4-10H2,1-3H3. The maximum atomic E-state index is 11.1. The molecular formula is C13H24N2O4. The van der Waals surface area contributed by atoms with E-state index in [-0.39, 0.29) is 12.5 Å². The van der Waals surface area contributed by atoms with E-state index in [1.807, 2.05) is 13.8 Å². The number of hydrogen-bond donors (Lipinski definition) is 0. The molecule has 0 aromatic heterocycles. The molecule has 0 spiro atoms. The molecule has 0 fully saturated rings. The predicted molar refractivity (Wildman–Crippen MR) is 71.1 cm³/mol. The Morgan fingerprint density at radius 1 is 0.947 bits per heavy atom. The molecule has 0 unspecified atom stereocenters. The fraction of sp³-hybridized carbons (Fsp3) is 0.846. The van der Waals surface area contributed by atoms with Gasteiger partial charge in [0.25, 0.3) is 0 Å². The quantitative estimate of drug-likeness (QED) is 0.486. The van der Waals surface area contributed by atoms with Gasteiger partial charge in [0.15, 0.2) is 0 Å². The minimum Gasteiger partial charge on any atom is -0.447 e. The number of azo groups is 1. The van der Waals surface area contributed by atoms with E-state index in [4.69, 9.17) is 9.47 Å². The van der Waals surface area contributed by atoms with Crippen molar-refractivity contribution >= 4 is 12.2 Å². The zero-order chi connectivity index (χ0) is 14.5. The number of hydrogen-bond acceptors (Lipinski definition) is 4. The van der Waals surface area contributed by atoms with Crippen LogP contribution in [0.25, 0.3) is 0 Å². The molecule has 0 aliphatic heterocycles. The summed E-state index contributed by atoms with van der Waals surface area (Å²) in [5.74, 6) is 0.217. The third-order valence-electron chi connectivity index (χ3n) is 2.23. The Hall–Kier alpha value is -1.46. The predicted octanol–water partition coefficient (Wildman–Crippen LogP) is 4.34. The second-order valence-electron chi connectivity index (χ2n) is 4.70. The van der Waals surface area contributed by atoms with Gasteiger partial charge >= 0.3 is 12.2 Å². The van der Waals surface area contributed by atoms with Crippen molar-refractivity contribution in [3.63, 3.8) is 0 Å². The maximum absolute atomic E-state index is 11.1. The van der Waals surface area contributed by atoms with Crippen molar-refractivity contribution in [1.29, 1.82) is 0 Å². The average Bonchev–Trinajstić information content (AvgIpc) is 2.38. The lowest BCUT2D eigenvalue weighted by Gasteiger charge is -2.02. The zero-order valence-corrected chi connectivity index (χ0v) is 12.1. The third-order valence-corrected chi connectivity index (χ3v) is 2.23.